The monoisotopic (exact) mass is 194 g/mol. The normalized spacial score (nSPS) is 31.4. The molecule has 0 aromatic rings. The van der Waals surface area contributed by atoms with Gasteiger partial charge in [0.25, 0.3) is 0 Å². The molecule has 4 heteroatoms. The number of nitrogens with zero attached hydrogens (tertiary/aromatic N) is 2. The molecule has 2 fully saturated rings. The Morgan fingerprint density at radius 1 is 1.29 bits per heavy atom. The second-order valence-corrected chi connectivity index (χ2v) is 3.74. The van der Waals surface area contributed by atoms with E-state index in [1.807, 2.05) is 0 Å². The average molecular weight is 194 g/mol. The first-order valence-corrected chi connectivity index (χ1v) is 4.83. The lowest BCUT2D eigenvalue weighted by molar-refractivity contribution is 0.488. The lowest BCUT2D eigenvalue weighted by atomic mass is 10.0. The number of aliphatic imine (C=N–C) groups is 2. The first-order chi connectivity index (χ1) is 6.83. The number of carbonyl (C=O) groups excluding carboxylic acids is 2. The highest BCUT2D eigenvalue weighted by atomic mass is 16.1. The van der Waals surface area contributed by atoms with Gasteiger partial charge in [-0.2, -0.15) is 0 Å². The van der Waals surface area contributed by atoms with E-state index in [-0.39, 0.29) is 0 Å². The fourth-order valence-corrected chi connectivity index (χ4v) is 2.20. The van der Waals surface area contributed by atoms with Crippen LogP contribution in [0.2, 0.25) is 0 Å². The van der Waals surface area contributed by atoms with Crippen LogP contribution in [-0.2, 0) is 9.59 Å². The molecule has 0 aromatic carbocycles. The topological polar surface area (TPSA) is 58.9 Å². The Kier molecular flexibility index (Phi) is 4.24. The average Bonchev–Trinajstić information content (AvgIpc) is 2.91. The number of hydrogen-bond donors (Lipinski definition) is 0. The SMILES string of the molecule is CN=C=O.O=C=NCC1CCC2CC12. The molecule has 2 aliphatic carbocycles. The number of hydrogen-bond acceptors (Lipinski definition) is 4. The van der Waals surface area contributed by atoms with Gasteiger partial charge in [0.15, 0.2) is 0 Å². The molecule has 3 unspecified atom stereocenters. The minimum atomic E-state index is 0.728. The van der Waals surface area contributed by atoms with Crippen LogP contribution >= 0.6 is 0 Å². The molecule has 0 bridgehead atoms. The highest BCUT2D eigenvalue weighted by Crippen LogP contribution is 2.55. The molecule has 76 valence electrons. The summed E-state index contributed by atoms with van der Waals surface area (Å²) in [5, 5.41) is 0. The second-order valence-electron chi connectivity index (χ2n) is 3.74. The third-order valence-electron chi connectivity index (χ3n) is 2.97. The summed E-state index contributed by atoms with van der Waals surface area (Å²) < 4.78 is 0. The van der Waals surface area contributed by atoms with Crippen molar-refractivity contribution in [2.45, 2.75) is 19.3 Å². The van der Waals surface area contributed by atoms with Crippen LogP contribution in [0.5, 0.6) is 0 Å². The van der Waals surface area contributed by atoms with Gasteiger partial charge in [0.05, 0.1) is 6.54 Å². The standard InChI is InChI=1S/C8H11NO.C2H3NO/c10-5-9-4-7-2-1-6-3-8(6)7;1-3-2-4/h6-8H,1-4H2;1H3. The Morgan fingerprint density at radius 2 is 2.00 bits per heavy atom. The Morgan fingerprint density at radius 3 is 2.36 bits per heavy atom. The van der Waals surface area contributed by atoms with Crippen LogP contribution in [0.15, 0.2) is 9.98 Å². The number of fused-ring (bicyclic) bond motifs is 1. The van der Waals surface area contributed by atoms with E-state index in [9.17, 15) is 4.79 Å². The van der Waals surface area contributed by atoms with Crippen LogP contribution in [0.1, 0.15) is 19.3 Å². The van der Waals surface area contributed by atoms with E-state index in [0.29, 0.717) is 0 Å². The summed E-state index contributed by atoms with van der Waals surface area (Å²) in [4.78, 5) is 25.2. The van der Waals surface area contributed by atoms with Gasteiger partial charge in [0.1, 0.15) is 0 Å². The lowest BCUT2D eigenvalue weighted by Crippen LogP contribution is -2.02. The molecule has 4 nitrogen and oxygen atoms in total. The predicted molar refractivity (Wildman–Crippen MR) is 51.4 cm³/mol. The Labute approximate surface area is 83.1 Å². The maximum absolute atomic E-state index is 9.79. The van der Waals surface area contributed by atoms with Crippen molar-refractivity contribution in [3.8, 4) is 0 Å². The first-order valence-electron chi connectivity index (χ1n) is 4.83. The summed E-state index contributed by atoms with van der Waals surface area (Å²) in [6.45, 7) is 0.741. The van der Waals surface area contributed by atoms with Gasteiger partial charge >= 0.3 is 0 Å². The highest BCUT2D eigenvalue weighted by molar-refractivity contribution is 5.33. The Balaban J connectivity index is 0.000000213. The molecule has 0 N–H and O–H groups in total. The largest absolute Gasteiger partial charge is 0.234 e. The van der Waals surface area contributed by atoms with Crippen LogP contribution in [0.4, 0.5) is 0 Å². The maximum atomic E-state index is 9.79. The van der Waals surface area contributed by atoms with Crippen LogP contribution < -0.4 is 0 Å². The lowest BCUT2D eigenvalue weighted by Gasteiger charge is -2.04. The van der Waals surface area contributed by atoms with Crippen molar-refractivity contribution in [1.82, 2.24) is 0 Å². The van der Waals surface area contributed by atoms with Gasteiger partial charge < -0.3 is 0 Å². The molecule has 0 aliphatic heterocycles. The minimum absolute atomic E-state index is 0.728. The second kappa shape index (κ2) is 5.48. The minimum Gasteiger partial charge on any atom is -0.211 e. The quantitative estimate of drug-likeness (QED) is 0.491. The van der Waals surface area contributed by atoms with Gasteiger partial charge in [-0.05, 0) is 37.0 Å². The van der Waals surface area contributed by atoms with Gasteiger partial charge in [0, 0.05) is 7.05 Å². The summed E-state index contributed by atoms with van der Waals surface area (Å²) in [7, 11) is 1.38. The summed E-state index contributed by atoms with van der Waals surface area (Å²) in [6, 6.07) is 0. The van der Waals surface area contributed by atoms with E-state index in [1.54, 1.807) is 6.08 Å². The molecule has 2 aliphatic rings. The van der Waals surface area contributed by atoms with E-state index < -0.39 is 0 Å². The summed E-state index contributed by atoms with van der Waals surface area (Å²) in [5.74, 6) is 2.66. The zero-order valence-corrected chi connectivity index (χ0v) is 8.27. The number of isocyanates is 2. The molecule has 0 saturated heterocycles. The molecule has 0 heterocycles. The summed E-state index contributed by atoms with van der Waals surface area (Å²) in [6.07, 6.45) is 6.99. The van der Waals surface area contributed by atoms with Crippen molar-refractivity contribution in [3.05, 3.63) is 0 Å². The molecule has 0 amide bonds. The van der Waals surface area contributed by atoms with Crippen LogP contribution in [0, 0.1) is 17.8 Å². The molecule has 3 atom stereocenters. The number of rotatable bonds is 2. The van der Waals surface area contributed by atoms with Crippen LogP contribution in [0.25, 0.3) is 0 Å². The van der Waals surface area contributed by atoms with Crippen LogP contribution in [-0.4, -0.2) is 25.8 Å². The molecule has 2 rings (SSSR count). The maximum Gasteiger partial charge on any atom is 0.234 e. The van der Waals surface area contributed by atoms with Gasteiger partial charge in [-0.15, -0.1) is 0 Å². The zero-order chi connectivity index (χ0) is 10.4. The van der Waals surface area contributed by atoms with E-state index in [1.165, 1.54) is 32.4 Å². The van der Waals surface area contributed by atoms with Gasteiger partial charge in [-0.25, -0.2) is 19.6 Å². The fourth-order valence-electron chi connectivity index (χ4n) is 2.20. The van der Waals surface area contributed by atoms with E-state index in [0.717, 1.165) is 24.3 Å². The predicted octanol–water partition coefficient (Wildman–Crippen LogP) is 1.32. The van der Waals surface area contributed by atoms with Gasteiger partial charge in [0.2, 0.25) is 12.2 Å². The fraction of sp³-hybridized carbons (Fsp3) is 0.800. The third-order valence-corrected chi connectivity index (χ3v) is 2.97. The summed E-state index contributed by atoms with van der Waals surface area (Å²) in [5.41, 5.74) is 0. The van der Waals surface area contributed by atoms with Crippen molar-refractivity contribution in [2.75, 3.05) is 13.6 Å². The van der Waals surface area contributed by atoms with Gasteiger partial charge in [-0.3, -0.25) is 0 Å². The molecule has 0 spiro atoms. The zero-order valence-electron chi connectivity index (χ0n) is 8.27. The molecule has 2 saturated carbocycles. The van der Waals surface area contributed by atoms with Crippen LogP contribution in [0.3, 0.4) is 0 Å². The summed E-state index contributed by atoms with van der Waals surface area (Å²) >= 11 is 0. The molecule has 0 radical (unpaired) electrons. The Hall–Kier alpha value is -1.24. The smallest absolute Gasteiger partial charge is 0.211 e. The van der Waals surface area contributed by atoms with E-state index in [4.69, 9.17) is 4.79 Å². The van der Waals surface area contributed by atoms with Crippen molar-refractivity contribution < 1.29 is 9.59 Å². The molecular weight excluding hydrogens is 180 g/mol. The van der Waals surface area contributed by atoms with E-state index in [2.05, 4.69) is 9.98 Å². The van der Waals surface area contributed by atoms with Crippen molar-refractivity contribution in [3.63, 3.8) is 0 Å². The van der Waals surface area contributed by atoms with E-state index >= 15 is 0 Å². The Bertz CT molecular complexity index is 278. The molecule has 0 aromatic heterocycles. The van der Waals surface area contributed by atoms with Gasteiger partial charge in [-0.1, -0.05) is 0 Å². The first kappa shape index (κ1) is 10.8. The van der Waals surface area contributed by atoms with Crippen molar-refractivity contribution in [2.24, 2.45) is 27.7 Å². The van der Waals surface area contributed by atoms with Crippen molar-refractivity contribution in [1.29, 1.82) is 0 Å². The van der Waals surface area contributed by atoms with Crippen molar-refractivity contribution >= 4 is 12.2 Å². The molecule has 14 heavy (non-hydrogen) atoms. The highest BCUT2D eigenvalue weighted by Gasteiger charge is 2.47. The third kappa shape index (κ3) is 2.91. The molecular formula is C10H14N2O2.